The molecule has 1 aromatic carbocycles. The zero-order valence-electron chi connectivity index (χ0n) is 28.6. The Kier molecular flexibility index (Phi) is 9.26. The molecule has 3 aromatic rings. The Balaban J connectivity index is 1.31. The summed E-state index contributed by atoms with van der Waals surface area (Å²) in [6.07, 6.45) is 0.0678. The van der Waals surface area contributed by atoms with Gasteiger partial charge in [0.15, 0.2) is 17.5 Å². The van der Waals surface area contributed by atoms with Crippen molar-refractivity contribution >= 4 is 17.6 Å². The first-order valence-corrected chi connectivity index (χ1v) is 16.9. The average molecular weight is 684 g/mol. The van der Waals surface area contributed by atoms with E-state index in [4.69, 9.17) is 4.99 Å². The van der Waals surface area contributed by atoms with Gasteiger partial charge in [0.25, 0.3) is 11.8 Å². The highest BCUT2D eigenvalue weighted by Gasteiger charge is 2.54. The maximum absolute atomic E-state index is 14.7. The number of aromatic nitrogens is 7. The molecule has 0 bridgehead atoms. The number of rotatable bonds is 8. The van der Waals surface area contributed by atoms with Crippen molar-refractivity contribution in [2.75, 3.05) is 6.54 Å². The number of alkyl halides is 3. The summed E-state index contributed by atoms with van der Waals surface area (Å²) < 4.78 is 41.8. The van der Waals surface area contributed by atoms with Crippen molar-refractivity contribution in [3.8, 4) is 0 Å². The predicted molar refractivity (Wildman–Crippen MR) is 172 cm³/mol. The van der Waals surface area contributed by atoms with E-state index in [0.29, 0.717) is 42.5 Å². The molecule has 1 saturated carbocycles. The van der Waals surface area contributed by atoms with Crippen LogP contribution in [0.1, 0.15) is 113 Å². The number of benzene rings is 1. The Hall–Kier alpha value is -4.37. The number of nitrogens with zero attached hydrogens (tertiary/aromatic N) is 9. The fourth-order valence-electron chi connectivity index (χ4n) is 7.39. The van der Waals surface area contributed by atoms with Crippen molar-refractivity contribution in [2.24, 2.45) is 22.2 Å². The van der Waals surface area contributed by atoms with Gasteiger partial charge in [-0.25, -0.2) is 4.99 Å². The van der Waals surface area contributed by atoms with Crippen LogP contribution in [0.2, 0.25) is 0 Å². The van der Waals surface area contributed by atoms with Gasteiger partial charge < -0.3 is 19.7 Å². The molecule has 0 radical (unpaired) electrons. The van der Waals surface area contributed by atoms with Crippen LogP contribution in [0.15, 0.2) is 29.3 Å². The number of amides is 2. The summed E-state index contributed by atoms with van der Waals surface area (Å²) in [5.41, 5.74) is 0.659. The molecule has 4 heterocycles. The number of hydrogen-bond acceptors (Lipinski definition) is 9. The smallest absolute Gasteiger partial charge is 0.345 e. The van der Waals surface area contributed by atoms with Gasteiger partial charge in [-0.1, -0.05) is 52.0 Å². The fourth-order valence-corrected chi connectivity index (χ4v) is 7.39. The minimum Gasteiger partial charge on any atom is -0.345 e. The molecule has 1 fully saturated rings. The van der Waals surface area contributed by atoms with E-state index >= 15 is 0 Å². The van der Waals surface area contributed by atoms with E-state index in [-0.39, 0.29) is 61.1 Å². The number of aliphatic imine (C=N–C) groups is 1. The number of fused-ring (bicyclic) bond motifs is 1. The Morgan fingerprint density at radius 3 is 2.37 bits per heavy atom. The third kappa shape index (κ3) is 7.04. The molecule has 2 N–H and O–H groups in total. The second-order valence-electron chi connectivity index (χ2n) is 14.9. The second-order valence-corrected chi connectivity index (χ2v) is 14.9. The monoisotopic (exact) mass is 683 g/mol. The van der Waals surface area contributed by atoms with Gasteiger partial charge in [-0.3, -0.25) is 9.59 Å². The van der Waals surface area contributed by atoms with Crippen molar-refractivity contribution in [1.29, 1.82) is 0 Å². The standard InChI is InChI=1S/C33H44F3N11O2/c1-20(2)6-11-24(21-7-9-22(10-8-21)28(48)37-18-25-39-43-44-40-25)47-29(49)27(38-32(47)14-12-23(13-15-32)31(3,4)5)45-16-17-46-26(19-45)41-42-30(46)33(34,35)36/h7-10,20,23-24H,6,11-19H2,1-5H3,(H,37,48)(H,39,40,43,44)/t23?,24-,32?/m1/s1. The van der Waals surface area contributed by atoms with Crippen LogP contribution in [-0.4, -0.2) is 75.0 Å². The normalized spacial score (nSPS) is 22.1. The van der Waals surface area contributed by atoms with Gasteiger partial charge in [0, 0.05) is 18.7 Å². The van der Waals surface area contributed by atoms with Crippen LogP contribution in [0.25, 0.3) is 0 Å². The van der Waals surface area contributed by atoms with Crippen molar-refractivity contribution in [2.45, 2.75) is 111 Å². The van der Waals surface area contributed by atoms with E-state index in [1.54, 1.807) is 17.0 Å². The molecule has 2 aromatic heterocycles. The van der Waals surface area contributed by atoms with Crippen molar-refractivity contribution in [3.05, 3.63) is 52.9 Å². The van der Waals surface area contributed by atoms with Gasteiger partial charge in [-0.2, -0.15) is 18.4 Å². The van der Waals surface area contributed by atoms with Crippen LogP contribution in [0.5, 0.6) is 0 Å². The Morgan fingerprint density at radius 2 is 1.76 bits per heavy atom. The molecule has 1 aliphatic carbocycles. The van der Waals surface area contributed by atoms with Gasteiger partial charge in [0.2, 0.25) is 5.82 Å². The van der Waals surface area contributed by atoms with E-state index < -0.39 is 17.7 Å². The first-order valence-electron chi connectivity index (χ1n) is 16.9. The van der Waals surface area contributed by atoms with Gasteiger partial charge in [-0.05, 0) is 73.5 Å². The summed E-state index contributed by atoms with van der Waals surface area (Å²) in [5, 5.41) is 23.6. The number of hydrogen-bond donors (Lipinski definition) is 2. The second kappa shape index (κ2) is 13.2. The first kappa shape index (κ1) is 34.5. The number of nitrogens with one attached hydrogen (secondary N) is 2. The van der Waals surface area contributed by atoms with Crippen LogP contribution < -0.4 is 5.32 Å². The molecule has 0 unspecified atom stereocenters. The number of tetrazole rings is 1. The number of aromatic amines is 1. The highest BCUT2D eigenvalue weighted by atomic mass is 19.4. The summed E-state index contributed by atoms with van der Waals surface area (Å²) >= 11 is 0. The van der Waals surface area contributed by atoms with Gasteiger partial charge in [0.1, 0.15) is 5.66 Å². The van der Waals surface area contributed by atoms with Gasteiger partial charge in [0.05, 0.1) is 19.1 Å². The minimum atomic E-state index is -4.62. The van der Waals surface area contributed by atoms with Crippen LogP contribution >= 0.6 is 0 Å². The first-order chi connectivity index (χ1) is 23.2. The molecular weight excluding hydrogens is 639 g/mol. The molecule has 13 nitrogen and oxygen atoms in total. The maximum atomic E-state index is 14.7. The Bertz CT molecular complexity index is 1670. The van der Waals surface area contributed by atoms with Crippen molar-refractivity contribution < 1.29 is 22.8 Å². The lowest BCUT2D eigenvalue weighted by molar-refractivity contribution is -0.148. The molecule has 2 aliphatic heterocycles. The van der Waals surface area contributed by atoms with Crippen LogP contribution in [0.4, 0.5) is 13.2 Å². The van der Waals surface area contributed by atoms with E-state index in [0.717, 1.165) is 29.4 Å². The molecule has 1 atom stereocenters. The summed E-state index contributed by atoms with van der Waals surface area (Å²) in [6.45, 7) is 11.3. The number of amidine groups is 1. The largest absolute Gasteiger partial charge is 0.451 e. The van der Waals surface area contributed by atoms with E-state index in [1.807, 2.05) is 17.0 Å². The maximum Gasteiger partial charge on any atom is 0.451 e. The molecule has 49 heavy (non-hydrogen) atoms. The quantitative estimate of drug-likeness (QED) is 0.340. The topological polar surface area (TPSA) is 150 Å². The summed E-state index contributed by atoms with van der Waals surface area (Å²) in [4.78, 5) is 36.6. The number of halogens is 3. The third-order valence-corrected chi connectivity index (χ3v) is 10.2. The third-order valence-electron chi connectivity index (χ3n) is 10.2. The highest BCUT2D eigenvalue weighted by Crippen LogP contribution is 2.50. The van der Waals surface area contributed by atoms with Crippen LogP contribution in [-0.2, 0) is 30.6 Å². The lowest BCUT2D eigenvalue weighted by Gasteiger charge is -2.47. The fraction of sp³-hybridized carbons (Fsp3) is 0.636. The highest BCUT2D eigenvalue weighted by molar-refractivity contribution is 6.39. The van der Waals surface area contributed by atoms with E-state index in [2.05, 4.69) is 70.8 Å². The SMILES string of the molecule is CC(C)CC[C@H](c1ccc(C(=O)NCc2nn[nH]n2)cc1)N1C(=O)C(N2CCn3c(nnc3C(F)(F)F)C2)=NC12CCC(C(C)(C)C)CC2. The molecule has 1 spiro atoms. The molecular formula is C33H44F3N11O2. The Labute approximate surface area is 283 Å². The van der Waals surface area contributed by atoms with E-state index in [9.17, 15) is 22.8 Å². The minimum absolute atomic E-state index is 0.00436. The molecule has 0 saturated heterocycles. The van der Waals surface area contributed by atoms with Crippen molar-refractivity contribution in [1.82, 2.24) is 50.5 Å². The molecule has 264 valence electrons. The van der Waals surface area contributed by atoms with Gasteiger partial charge >= 0.3 is 6.18 Å². The zero-order valence-corrected chi connectivity index (χ0v) is 28.6. The summed E-state index contributed by atoms with van der Waals surface area (Å²) in [5.74, 6) is 0.0779. The predicted octanol–water partition coefficient (Wildman–Crippen LogP) is 4.91. The van der Waals surface area contributed by atoms with Crippen molar-refractivity contribution in [3.63, 3.8) is 0 Å². The number of H-pyrrole nitrogens is 1. The van der Waals surface area contributed by atoms with Crippen LogP contribution in [0.3, 0.4) is 0 Å². The molecule has 16 heteroatoms. The summed E-state index contributed by atoms with van der Waals surface area (Å²) in [7, 11) is 0. The molecule has 3 aliphatic rings. The zero-order chi connectivity index (χ0) is 35.1. The molecule has 6 rings (SSSR count). The average Bonchev–Trinajstić information content (AvgIpc) is 3.79. The Morgan fingerprint density at radius 1 is 1.04 bits per heavy atom. The van der Waals surface area contributed by atoms with Gasteiger partial charge in [-0.15, -0.1) is 20.4 Å². The number of carbonyl (C=O) groups excluding carboxylic acids is 2. The lowest BCUT2D eigenvalue weighted by Crippen LogP contribution is -2.52. The van der Waals surface area contributed by atoms with Crippen LogP contribution in [0, 0.1) is 17.3 Å². The van der Waals surface area contributed by atoms with E-state index in [1.165, 1.54) is 0 Å². The molecule has 2 amide bonds. The summed E-state index contributed by atoms with van der Waals surface area (Å²) in [6, 6.07) is 6.98. The number of carbonyl (C=O) groups is 2. The lowest BCUT2D eigenvalue weighted by atomic mass is 9.69.